The number of nitrogens with one attached hydrogen (secondary N) is 2. The van der Waals surface area contributed by atoms with Crippen molar-refractivity contribution in [3.05, 3.63) is 101 Å². The summed E-state index contributed by atoms with van der Waals surface area (Å²) in [6.07, 6.45) is 14.7. The van der Waals surface area contributed by atoms with Crippen LogP contribution in [0.3, 0.4) is 0 Å². The lowest BCUT2D eigenvalue weighted by molar-refractivity contribution is -0.276. The molecule has 5 unspecified atom stereocenters. The summed E-state index contributed by atoms with van der Waals surface area (Å²) in [6.45, 7) is 9.72. The maximum atomic E-state index is 13.0. The number of carbonyl (C=O) groups excluding carboxylic acids is 2. The third kappa shape index (κ3) is 15.0. The number of unbranched alkanes of at least 4 members (excludes halogenated alkanes) is 10. The van der Waals surface area contributed by atoms with Gasteiger partial charge in [-0.15, -0.1) is 0 Å². The number of ether oxygens (including phenoxy) is 3. The summed E-state index contributed by atoms with van der Waals surface area (Å²) in [6, 6.07) is 23.7. The Kier molecular flexibility index (Phi) is 19.7. The van der Waals surface area contributed by atoms with Gasteiger partial charge in [-0.1, -0.05) is 152 Å². The number of amides is 2. The molecule has 9 nitrogen and oxygen atoms in total. The lowest BCUT2D eigenvalue weighted by Crippen LogP contribution is -2.45. The van der Waals surface area contributed by atoms with Gasteiger partial charge in [-0.3, -0.25) is 0 Å². The highest BCUT2D eigenvalue weighted by Crippen LogP contribution is 2.42. The number of benzene rings is 3. The van der Waals surface area contributed by atoms with Crippen LogP contribution in [0.25, 0.3) is 0 Å². The molecule has 1 saturated heterocycles. The van der Waals surface area contributed by atoms with E-state index in [1.807, 2.05) is 66.7 Å². The van der Waals surface area contributed by atoms with E-state index in [9.17, 15) is 14.7 Å². The number of carbonyl (C=O) groups is 2. The minimum absolute atomic E-state index is 0.00362. The number of urea groups is 1. The Morgan fingerprint density at radius 3 is 1.91 bits per heavy atom. The van der Waals surface area contributed by atoms with Gasteiger partial charge in [0.1, 0.15) is 6.04 Å². The van der Waals surface area contributed by atoms with Crippen molar-refractivity contribution in [2.45, 2.75) is 135 Å². The number of aliphatic hydroxyl groups is 1. The summed E-state index contributed by atoms with van der Waals surface area (Å²) in [7, 11) is 1.32. The minimum atomic E-state index is -0.834. The molecule has 1 aliphatic rings. The highest BCUT2D eigenvalue weighted by atomic mass is 16.7. The average molecular weight is 758 g/mol. The van der Waals surface area contributed by atoms with Crippen LogP contribution < -0.4 is 10.6 Å². The fourth-order valence-corrected chi connectivity index (χ4v) is 7.34. The fourth-order valence-electron chi connectivity index (χ4n) is 7.34. The summed E-state index contributed by atoms with van der Waals surface area (Å²) in [5.41, 5.74) is 4.27. The van der Waals surface area contributed by atoms with E-state index in [1.54, 1.807) is 0 Å². The van der Waals surface area contributed by atoms with Crippen LogP contribution in [0.5, 0.6) is 0 Å². The van der Waals surface area contributed by atoms with Crippen LogP contribution in [0.2, 0.25) is 0 Å². The van der Waals surface area contributed by atoms with Crippen molar-refractivity contribution < 1.29 is 28.9 Å². The van der Waals surface area contributed by atoms with Crippen LogP contribution in [0.1, 0.15) is 132 Å². The molecule has 55 heavy (non-hydrogen) atoms. The molecule has 5 atom stereocenters. The SMILES string of the molecule is CCCCCCCCN(CCCCCCCC)CC1OC(c2ccc(NC(=O)NC(Cc3ccccc3)C(=O)OC)cc2)OC(c2ccc(CO)cc2)C1C. The van der Waals surface area contributed by atoms with Gasteiger partial charge in [0.05, 0.1) is 25.9 Å². The standard InChI is InChI=1S/C46H67N3O6/c1-5-7-9-11-13-18-30-49(31-19-14-12-10-8-6-2)33-42-35(3)43(38-24-22-37(34-50)23-25-38)55-45(54-42)39-26-28-40(29-27-39)47-46(52)48-41(44(51)53-4)32-36-20-16-15-17-21-36/h15-17,20-29,35,41-43,45,50H,5-14,18-19,30-34H2,1-4H3,(H2,47,48,52). The molecule has 0 aliphatic carbocycles. The first-order valence-electron chi connectivity index (χ1n) is 20.9. The molecule has 3 aromatic carbocycles. The largest absolute Gasteiger partial charge is 0.467 e. The van der Waals surface area contributed by atoms with E-state index in [1.165, 1.54) is 84.2 Å². The van der Waals surface area contributed by atoms with Gasteiger partial charge in [0.25, 0.3) is 0 Å². The maximum Gasteiger partial charge on any atom is 0.328 e. The first kappa shape index (κ1) is 44.0. The Balaban J connectivity index is 1.47. The molecule has 0 saturated carbocycles. The third-order valence-corrected chi connectivity index (χ3v) is 10.7. The highest BCUT2D eigenvalue weighted by molar-refractivity contribution is 5.92. The molecular weight excluding hydrogens is 691 g/mol. The van der Waals surface area contributed by atoms with Crippen molar-refractivity contribution >= 4 is 17.7 Å². The van der Waals surface area contributed by atoms with E-state index in [4.69, 9.17) is 14.2 Å². The van der Waals surface area contributed by atoms with E-state index in [2.05, 4.69) is 48.4 Å². The first-order valence-corrected chi connectivity index (χ1v) is 20.9. The summed E-state index contributed by atoms with van der Waals surface area (Å²) in [5, 5.41) is 15.3. The summed E-state index contributed by atoms with van der Waals surface area (Å²) in [4.78, 5) is 28.1. The van der Waals surface area contributed by atoms with Gasteiger partial charge in [-0.05, 0) is 54.8 Å². The van der Waals surface area contributed by atoms with Gasteiger partial charge in [0.15, 0.2) is 6.29 Å². The smallest absolute Gasteiger partial charge is 0.328 e. The molecule has 1 fully saturated rings. The van der Waals surface area contributed by atoms with Gasteiger partial charge >= 0.3 is 12.0 Å². The summed E-state index contributed by atoms with van der Waals surface area (Å²) >= 11 is 0. The molecule has 2 amide bonds. The molecule has 302 valence electrons. The van der Waals surface area contributed by atoms with Gasteiger partial charge < -0.3 is 34.9 Å². The molecule has 9 heteroatoms. The van der Waals surface area contributed by atoms with E-state index in [0.29, 0.717) is 12.1 Å². The van der Waals surface area contributed by atoms with Crippen molar-refractivity contribution in [1.82, 2.24) is 10.2 Å². The number of hydrogen-bond donors (Lipinski definition) is 3. The number of esters is 1. The van der Waals surface area contributed by atoms with Crippen LogP contribution in [-0.2, 0) is 32.0 Å². The Morgan fingerprint density at radius 1 is 0.745 bits per heavy atom. The zero-order valence-electron chi connectivity index (χ0n) is 33.8. The Bertz CT molecular complexity index is 1490. The van der Waals surface area contributed by atoms with Crippen LogP contribution in [0.15, 0.2) is 78.9 Å². The van der Waals surface area contributed by atoms with E-state index in [-0.39, 0.29) is 24.7 Å². The monoisotopic (exact) mass is 758 g/mol. The van der Waals surface area contributed by atoms with E-state index >= 15 is 0 Å². The van der Waals surface area contributed by atoms with Crippen LogP contribution in [0, 0.1) is 5.92 Å². The molecule has 3 N–H and O–H groups in total. The van der Waals surface area contributed by atoms with Gasteiger partial charge in [-0.2, -0.15) is 0 Å². The number of hydrogen-bond acceptors (Lipinski definition) is 7. The Labute approximate surface area is 330 Å². The van der Waals surface area contributed by atoms with Gasteiger partial charge in [0.2, 0.25) is 0 Å². The Hall–Kier alpha value is -3.76. The number of aliphatic hydroxyl groups excluding tert-OH is 1. The quantitative estimate of drug-likeness (QED) is 0.0617. The van der Waals surface area contributed by atoms with E-state index < -0.39 is 24.3 Å². The van der Waals surface area contributed by atoms with Crippen molar-refractivity contribution in [1.29, 1.82) is 0 Å². The normalized spacial score (nSPS) is 18.9. The number of anilines is 1. The van der Waals surface area contributed by atoms with Crippen molar-refractivity contribution in [2.75, 3.05) is 32.1 Å². The number of rotatable bonds is 24. The molecule has 3 aromatic rings. The lowest BCUT2D eigenvalue weighted by atomic mass is 9.90. The predicted molar refractivity (Wildman–Crippen MR) is 221 cm³/mol. The van der Waals surface area contributed by atoms with Crippen molar-refractivity contribution in [3.8, 4) is 0 Å². The maximum absolute atomic E-state index is 13.0. The Morgan fingerprint density at radius 2 is 1.33 bits per heavy atom. The van der Waals surface area contributed by atoms with Crippen LogP contribution in [0.4, 0.5) is 10.5 Å². The molecule has 1 heterocycles. The molecule has 0 bridgehead atoms. The van der Waals surface area contributed by atoms with Gasteiger partial charge in [-0.25, -0.2) is 9.59 Å². The molecule has 1 aliphatic heterocycles. The predicted octanol–water partition coefficient (Wildman–Crippen LogP) is 9.90. The zero-order chi connectivity index (χ0) is 39.3. The van der Waals surface area contributed by atoms with Crippen LogP contribution >= 0.6 is 0 Å². The molecule has 0 aromatic heterocycles. The highest BCUT2D eigenvalue weighted by Gasteiger charge is 2.39. The third-order valence-electron chi connectivity index (χ3n) is 10.7. The molecule has 0 spiro atoms. The molecule has 4 rings (SSSR count). The summed E-state index contributed by atoms with van der Waals surface area (Å²) in [5.74, 6) is -0.418. The van der Waals surface area contributed by atoms with Gasteiger partial charge in [0, 0.05) is 30.1 Å². The lowest BCUT2D eigenvalue weighted by Gasteiger charge is -2.43. The average Bonchev–Trinajstić information content (AvgIpc) is 3.21. The second-order valence-corrected chi connectivity index (χ2v) is 15.1. The fraction of sp³-hybridized carbons (Fsp3) is 0.565. The number of nitrogens with zero attached hydrogens (tertiary/aromatic N) is 1. The zero-order valence-corrected chi connectivity index (χ0v) is 33.8. The minimum Gasteiger partial charge on any atom is -0.467 e. The van der Waals surface area contributed by atoms with E-state index in [0.717, 1.165) is 41.9 Å². The van der Waals surface area contributed by atoms with Crippen molar-refractivity contribution in [3.63, 3.8) is 0 Å². The van der Waals surface area contributed by atoms with Crippen LogP contribution in [-0.4, -0.2) is 60.9 Å². The van der Waals surface area contributed by atoms with Crippen molar-refractivity contribution in [2.24, 2.45) is 5.92 Å². The second-order valence-electron chi connectivity index (χ2n) is 15.1. The second kappa shape index (κ2) is 24.7. The first-order chi connectivity index (χ1) is 26.8. The molecule has 0 radical (unpaired) electrons. The molecular formula is C46H67N3O6. The number of methoxy groups -OCH3 is 1. The topological polar surface area (TPSA) is 109 Å². The summed E-state index contributed by atoms with van der Waals surface area (Å²) < 4.78 is 18.5.